The Labute approximate surface area is 84.2 Å². The molecule has 0 amide bonds. The van der Waals surface area contributed by atoms with Crippen LogP contribution in [0, 0.1) is 0 Å². The molecule has 2 aromatic rings. The smallest absolute Gasteiger partial charge is 0.358 e. The predicted octanol–water partition coefficient (Wildman–Crippen LogP) is -0.847. The SMILES string of the molecule is Cn1ncnc1Cn1cc(C(=O)O)nn1. The van der Waals surface area contributed by atoms with Crippen molar-refractivity contribution < 1.29 is 9.90 Å². The summed E-state index contributed by atoms with van der Waals surface area (Å²) < 4.78 is 2.98. The van der Waals surface area contributed by atoms with Crippen LogP contribution in [0.4, 0.5) is 0 Å². The van der Waals surface area contributed by atoms with Crippen LogP contribution in [-0.2, 0) is 13.6 Å². The molecule has 0 saturated heterocycles. The van der Waals surface area contributed by atoms with Gasteiger partial charge in [-0.3, -0.25) is 4.68 Å². The quantitative estimate of drug-likeness (QED) is 0.705. The molecule has 0 saturated carbocycles. The van der Waals surface area contributed by atoms with E-state index in [4.69, 9.17) is 5.11 Å². The van der Waals surface area contributed by atoms with Gasteiger partial charge in [0.05, 0.1) is 6.20 Å². The fraction of sp³-hybridized carbons (Fsp3) is 0.286. The summed E-state index contributed by atoms with van der Waals surface area (Å²) in [5.41, 5.74) is -0.0860. The number of hydrogen-bond donors (Lipinski definition) is 1. The van der Waals surface area contributed by atoms with Crippen LogP contribution in [-0.4, -0.2) is 40.8 Å². The van der Waals surface area contributed by atoms with Crippen LogP contribution in [0.2, 0.25) is 0 Å². The van der Waals surface area contributed by atoms with Gasteiger partial charge in [0.25, 0.3) is 0 Å². The van der Waals surface area contributed by atoms with Gasteiger partial charge in [0, 0.05) is 7.05 Å². The zero-order chi connectivity index (χ0) is 10.8. The van der Waals surface area contributed by atoms with E-state index in [1.165, 1.54) is 17.2 Å². The van der Waals surface area contributed by atoms with Crippen LogP contribution in [0.3, 0.4) is 0 Å². The highest BCUT2D eigenvalue weighted by Crippen LogP contribution is 1.97. The van der Waals surface area contributed by atoms with Crippen molar-refractivity contribution in [3.8, 4) is 0 Å². The van der Waals surface area contributed by atoms with Gasteiger partial charge >= 0.3 is 5.97 Å². The second kappa shape index (κ2) is 3.48. The minimum Gasteiger partial charge on any atom is -0.476 e. The number of carbonyl (C=O) groups is 1. The lowest BCUT2D eigenvalue weighted by Gasteiger charge is -1.98. The summed E-state index contributed by atoms with van der Waals surface area (Å²) in [4.78, 5) is 14.5. The summed E-state index contributed by atoms with van der Waals surface area (Å²) in [7, 11) is 1.75. The lowest BCUT2D eigenvalue weighted by Crippen LogP contribution is -2.07. The predicted molar refractivity (Wildman–Crippen MR) is 47.1 cm³/mol. The van der Waals surface area contributed by atoms with Crippen LogP contribution in [0.1, 0.15) is 16.3 Å². The van der Waals surface area contributed by atoms with Crippen LogP contribution in [0.5, 0.6) is 0 Å². The second-order valence-corrected chi connectivity index (χ2v) is 2.91. The highest BCUT2D eigenvalue weighted by atomic mass is 16.4. The standard InChI is InChI=1S/C7H8N6O2/c1-12-6(8-4-9-12)3-13-2-5(7(14)15)10-11-13/h2,4H,3H2,1H3,(H,14,15). The maximum absolute atomic E-state index is 10.5. The Morgan fingerprint density at radius 3 is 2.93 bits per heavy atom. The first kappa shape index (κ1) is 9.31. The molecule has 0 radical (unpaired) electrons. The molecule has 0 unspecified atom stereocenters. The van der Waals surface area contributed by atoms with Crippen molar-refractivity contribution in [1.82, 2.24) is 29.8 Å². The minimum atomic E-state index is -1.10. The largest absolute Gasteiger partial charge is 0.476 e. The Balaban J connectivity index is 2.18. The van der Waals surface area contributed by atoms with Gasteiger partial charge in [-0.2, -0.15) is 5.10 Å². The molecular weight excluding hydrogens is 200 g/mol. The van der Waals surface area contributed by atoms with Crippen LogP contribution in [0.15, 0.2) is 12.5 Å². The summed E-state index contributed by atoms with van der Waals surface area (Å²) in [6.45, 7) is 0.344. The number of carboxylic acid groups (broad SMARTS) is 1. The van der Waals surface area contributed by atoms with Crippen molar-refractivity contribution in [3.05, 3.63) is 24.0 Å². The molecule has 15 heavy (non-hydrogen) atoms. The number of hydrogen-bond acceptors (Lipinski definition) is 5. The van der Waals surface area contributed by atoms with E-state index >= 15 is 0 Å². The van der Waals surface area contributed by atoms with Gasteiger partial charge in [-0.05, 0) is 0 Å². The zero-order valence-electron chi connectivity index (χ0n) is 7.90. The van der Waals surface area contributed by atoms with Gasteiger partial charge in [-0.15, -0.1) is 5.10 Å². The number of carboxylic acids is 1. The summed E-state index contributed by atoms with van der Waals surface area (Å²) in [5, 5.41) is 19.7. The molecule has 0 bridgehead atoms. The molecular formula is C7H8N6O2. The molecule has 2 heterocycles. The van der Waals surface area contributed by atoms with Crippen molar-refractivity contribution in [2.45, 2.75) is 6.54 Å². The van der Waals surface area contributed by atoms with Gasteiger partial charge in [-0.25, -0.2) is 14.5 Å². The van der Waals surface area contributed by atoms with E-state index in [-0.39, 0.29) is 5.69 Å². The molecule has 2 aromatic heterocycles. The molecule has 0 atom stereocenters. The number of aromatic carboxylic acids is 1. The van der Waals surface area contributed by atoms with E-state index in [9.17, 15) is 4.79 Å². The summed E-state index contributed by atoms with van der Waals surface area (Å²) in [5.74, 6) is -0.420. The van der Waals surface area contributed by atoms with Crippen molar-refractivity contribution >= 4 is 5.97 Å². The highest BCUT2D eigenvalue weighted by molar-refractivity contribution is 5.84. The molecule has 0 aliphatic heterocycles. The fourth-order valence-corrected chi connectivity index (χ4v) is 1.08. The van der Waals surface area contributed by atoms with Gasteiger partial charge < -0.3 is 5.11 Å². The van der Waals surface area contributed by atoms with E-state index < -0.39 is 5.97 Å². The molecule has 8 nitrogen and oxygen atoms in total. The first-order chi connectivity index (χ1) is 7.16. The summed E-state index contributed by atoms with van der Waals surface area (Å²) in [6.07, 6.45) is 2.77. The summed E-state index contributed by atoms with van der Waals surface area (Å²) in [6, 6.07) is 0. The first-order valence-corrected chi connectivity index (χ1v) is 4.13. The average molecular weight is 208 g/mol. The summed E-state index contributed by atoms with van der Waals surface area (Å²) >= 11 is 0. The number of aryl methyl sites for hydroxylation is 1. The Bertz CT molecular complexity index is 487. The van der Waals surface area contributed by atoms with Gasteiger partial charge in [0.2, 0.25) is 0 Å². The van der Waals surface area contributed by atoms with Crippen molar-refractivity contribution in [2.24, 2.45) is 7.05 Å². The Hall–Kier alpha value is -2.25. The molecule has 0 aliphatic carbocycles. The lowest BCUT2D eigenvalue weighted by atomic mass is 10.5. The molecule has 0 aliphatic rings. The van der Waals surface area contributed by atoms with E-state index in [0.29, 0.717) is 12.4 Å². The van der Waals surface area contributed by atoms with Crippen molar-refractivity contribution in [1.29, 1.82) is 0 Å². The topological polar surface area (TPSA) is 98.7 Å². The molecule has 78 valence electrons. The maximum Gasteiger partial charge on any atom is 0.358 e. The fourth-order valence-electron chi connectivity index (χ4n) is 1.08. The average Bonchev–Trinajstić information content (AvgIpc) is 2.77. The molecule has 8 heteroatoms. The van der Waals surface area contributed by atoms with Gasteiger partial charge in [0.1, 0.15) is 18.7 Å². The van der Waals surface area contributed by atoms with E-state index in [2.05, 4.69) is 20.4 Å². The third kappa shape index (κ3) is 1.82. The monoisotopic (exact) mass is 208 g/mol. The Kier molecular flexibility index (Phi) is 2.16. The second-order valence-electron chi connectivity index (χ2n) is 2.91. The number of rotatable bonds is 3. The molecule has 2 rings (SSSR count). The van der Waals surface area contributed by atoms with Crippen LogP contribution in [0.25, 0.3) is 0 Å². The number of aromatic nitrogens is 6. The number of nitrogens with zero attached hydrogens (tertiary/aromatic N) is 6. The normalized spacial score (nSPS) is 10.5. The van der Waals surface area contributed by atoms with Crippen molar-refractivity contribution in [2.75, 3.05) is 0 Å². The minimum absolute atomic E-state index is 0.0860. The third-order valence-corrected chi connectivity index (χ3v) is 1.87. The Morgan fingerprint density at radius 1 is 1.60 bits per heavy atom. The van der Waals surface area contributed by atoms with Crippen LogP contribution >= 0.6 is 0 Å². The van der Waals surface area contributed by atoms with E-state index in [1.807, 2.05) is 0 Å². The third-order valence-electron chi connectivity index (χ3n) is 1.87. The van der Waals surface area contributed by atoms with Gasteiger partial charge in [0.15, 0.2) is 5.69 Å². The maximum atomic E-state index is 10.5. The lowest BCUT2D eigenvalue weighted by molar-refractivity contribution is 0.0690. The van der Waals surface area contributed by atoms with E-state index in [1.54, 1.807) is 11.7 Å². The molecule has 0 aromatic carbocycles. The molecule has 0 spiro atoms. The van der Waals surface area contributed by atoms with Gasteiger partial charge in [-0.1, -0.05) is 5.21 Å². The van der Waals surface area contributed by atoms with E-state index in [0.717, 1.165) is 0 Å². The van der Waals surface area contributed by atoms with Crippen molar-refractivity contribution in [3.63, 3.8) is 0 Å². The molecule has 0 fully saturated rings. The molecule has 1 N–H and O–H groups in total. The highest BCUT2D eigenvalue weighted by Gasteiger charge is 2.09. The zero-order valence-corrected chi connectivity index (χ0v) is 7.90. The first-order valence-electron chi connectivity index (χ1n) is 4.13. The van der Waals surface area contributed by atoms with Crippen LogP contribution < -0.4 is 0 Å². The Morgan fingerprint density at radius 2 is 2.40 bits per heavy atom.